The number of piperazine rings is 1. The number of nitrogens with zero attached hydrogens (tertiary/aromatic N) is 3. The second-order valence-electron chi connectivity index (χ2n) is 4.36. The van der Waals surface area contributed by atoms with Crippen LogP contribution in [0, 0.1) is 0 Å². The van der Waals surface area contributed by atoms with E-state index in [4.69, 9.17) is 5.73 Å². The second-order valence-corrected chi connectivity index (χ2v) is 5.92. The van der Waals surface area contributed by atoms with Gasteiger partial charge in [0.05, 0.1) is 12.8 Å². The predicted octanol–water partition coefficient (Wildman–Crippen LogP) is -1.49. The van der Waals surface area contributed by atoms with Gasteiger partial charge in [-0.1, -0.05) is 0 Å². The molecule has 1 aliphatic heterocycles. The molecule has 0 saturated carbocycles. The lowest BCUT2D eigenvalue weighted by Crippen LogP contribution is -2.48. The molecule has 106 valence electrons. The fourth-order valence-electron chi connectivity index (χ4n) is 1.65. The third-order valence-electron chi connectivity index (χ3n) is 2.69. The molecule has 8 nitrogen and oxygen atoms in total. The number of primary amides is 1. The highest BCUT2D eigenvalue weighted by Gasteiger charge is 2.19. The number of likely N-dealkylation sites (N-methyl/N-ethyl adjacent to an activating group) is 1. The molecule has 18 heavy (non-hydrogen) atoms. The molecule has 2 amide bonds. The van der Waals surface area contributed by atoms with Gasteiger partial charge in [-0.2, -0.15) is 13.5 Å². The highest BCUT2D eigenvalue weighted by Crippen LogP contribution is 2.01. The summed E-state index contributed by atoms with van der Waals surface area (Å²) in [6, 6.07) is -0.908. The lowest BCUT2D eigenvalue weighted by molar-refractivity contribution is -0.0104. The normalized spacial score (nSPS) is 18.8. The van der Waals surface area contributed by atoms with Crippen molar-refractivity contribution in [3.63, 3.8) is 0 Å². The maximum Gasteiger partial charge on any atom is 0.339 e. The largest absolute Gasteiger partial charge is 0.350 e. The molecular formula is C9H20N4O4S. The Kier molecular flexibility index (Phi) is 5.32. The quantitative estimate of drug-likeness (QED) is 0.616. The zero-order chi connectivity index (χ0) is 13.8. The Hall–Kier alpha value is -0.900. The van der Waals surface area contributed by atoms with E-state index in [0.717, 1.165) is 32.4 Å². The molecule has 0 bridgehead atoms. The van der Waals surface area contributed by atoms with E-state index in [1.807, 2.05) is 7.05 Å². The van der Waals surface area contributed by atoms with Crippen LogP contribution in [0.2, 0.25) is 0 Å². The molecule has 0 aliphatic carbocycles. The summed E-state index contributed by atoms with van der Waals surface area (Å²) in [4.78, 5) is 15.4. The van der Waals surface area contributed by atoms with Crippen molar-refractivity contribution in [2.45, 2.75) is 0 Å². The fourth-order valence-corrected chi connectivity index (χ4v) is 2.13. The number of carbonyl (C=O) groups is 1. The summed E-state index contributed by atoms with van der Waals surface area (Å²) in [5.41, 5.74) is 5.05. The topological polar surface area (TPSA) is 96.2 Å². The Morgan fingerprint density at radius 2 is 1.89 bits per heavy atom. The van der Waals surface area contributed by atoms with Gasteiger partial charge < -0.3 is 10.6 Å². The highest BCUT2D eigenvalue weighted by molar-refractivity contribution is 7.85. The lowest BCUT2D eigenvalue weighted by atomic mass is 10.3. The maximum absolute atomic E-state index is 11.0. The third-order valence-corrected chi connectivity index (χ3v) is 3.14. The van der Waals surface area contributed by atoms with Crippen LogP contribution < -0.4 is 5.73 Å². The number of urea groups is 1. The van der Waals surface area contributed by atoms with Crippen molar-refractivity contribution in [2.75, 3.05) is 52.6 Å². The van der Waals surface area contributed by atoms with Crippen LogP contribution in [0.15, 0.2) is 0 Å². The zero-order valence-corrected chi connectivity index (χ0v) is 11.5. The Morgan fingerprint density at radius 3 is 2.33 bits per heavy atom. The SMILES string of the molecule is CN1CCN(CCN(OS(C)(=O)=O)C(N)=O)CC1. The number of hydroxylamine groups is 2. The van der Waals surface area contributed by atoms with Crippen LogP contribution in [-0.4, -0.2) is 81.9 Å². The average Bonchev–Trinajstić information content (AvgIpc) is 2.24. The predicted molar refractivity (Wildman–Crippen MR) is 66.2 cm³/mol. The van der Waals surface area contributed by atoms with E-state index in [0.29, 0.717) is 11.6 Å². The summed E-state index contributed by atoms with van der Waals surface area (Å²) in [5.74, 6) is 0. The van der Waals surface area contributed by atoms with Crippen molar-refractivity contribution in [3.05, 3.63) is 0 Å². The number of amides is 2. The Labute approximate surface area is 107 Å². The number of hydrogen-bond acceptors (Lipinski definition) is 6. The van der Waals surface area contributed by atoms with E-state index in [-0.39, 0.29) is 6.54 Å². The van der Waals surface area contributed by atoms with Gasteiger partial charge in [0, 0.05) is 32.7 Å². The Bertz CT molecular complexity index is 378. The van der Waals surface area contributed by atoms with Gasteiger partial charge in [0.25, 0.3) is 10.1 Å². The zero-order valence-electron chi connectivity index (χ0n) is 10.7. The van der Waals surface area contributed by atoms with E-state index in [2.05, 4.69) is 14.1 Å². The molecule has 0 unspecified atom stereocenters. The van der Waals surface area contributed by atoms with Crippen molar-refractivity contribution in [3.8, 4) is 0 Å². The molecule has 0 aromatic heterocycles. The molecule has 0 spiro atoms. The smallest absolute Gasteiger partial charge is 0.339 e. The van der Waals surface area contributed by atoms with Crippen LogP contribution in [0.5, 0.6) is 0 Å². The van der Waals surface area contributed by atoms with Crippen LogP contribution in [0.1, 0.15) is 0 Å². The third kappa shape index (κ3) is 5.63. The summed E-state index contributed by atoms with van der Waals surface area (Å²) in [6.45, 7) is 4.31. The van der Waals surface area contributed by atoms with Gasteiger partial charge >= 0.3 is 6.03 Å². The molecule has 0 aromatic rings. The van der Waals surface area contributed by atoms with E-state index < -0.39 is 16.1 Å². The average molecular weight is 280 g/mol. The van der Waals surface area contributed by atoms with Crippen LogP contribution in [0.25, 0.3) is 0 Å². The van der Waals surface area contributed by atoms with E-state index in [1.54, 1.807) is 0 Å². The molecule has 1 aliphatic rings. The number of nitrogens with two attached hydrogens (primary N) is 1. The number of carbonyl (C=O) groups excluding carboxylic acids is 1. The molecule has 0 aromatic carbocycles. The van der Waals surface area contributed by atoms with Crippen molar-refractivity contribution >= 4 is 16.1 Å². The molecular weight excluding hydrogens is 260 g/mol. The monoisotopic (exact) mass is 280 g/mol. The van der Waals surface area contributed by atoms with Crippen molar-refractivity contribution in [2.24, 2.45) is 5.73 Å². The second kappa shape index (κ2) is 6.32. The van der Waals surface area contributed by atoms with Gasteiger partial charge in [0.2, 0.25) is 0 Å². The van der Waals surface area contributed by atoms with Gasteiger partial charge in [0.1, 0.15) is 0 Å². The molecule has 9 heteroatoms. The lowest BCUT2D eigenvalue weighted by Gasteiger charge is -2.33. The first-order valence-corrected chi connectivity index (χ1v) is 7.47. The first-order valence-electron chi connectivity index (χ1n) is 5.65. The molecule has 1 fully saturated rings. The van der Waals surface area contributed by atoms with E-state index in [9.17, 15) is 13.2 Å². The molecule has 1 heterocycles. The first-order chi connectivity index (χ1) is 8.28. The van der Waals surface area contributed by atoms with Gasteiger partial charge in [-0.25, -0.2) is 4.79 Å². The van der Waals surface area contributed by atoms with E-state index >= 15 is 0 Å². The maximum atomic E-state index is 11.0. The molecule has 0 radical (unpaired) electrons. The van der Waals surface area contributed by atoms with Crippen molar-refractivity contribution in [1.29, 1.82) is 0 Å². The molecule has 1 rings (SSSR count). The van der Waals surface area contributed by atoms with Gasteiger partial charge in [-0.3, -0.25) is 4.90 Å². The minimum absolute atomic E-state index is 0.131. The van der Waals surface area contributed by atoms with Crippen LogP contribution in [0.4, 0.5) is 4.79 Å². The summed E-state index contributed by atoms with van der Waals surface area (Å²) in [6.07, 6.45) is 0.874. The minimum Gasteiger partial charge on any atom is -0.350 e. The van der Waals surface area contributed by atoms with Crippen molar-refractivity contribution in [1.82, 2.24) is 14.9 Å². The van der Waals surface area contributed by atoms with Crippen molar-refractivity contribution < 1.29 is 17.5 Å². The number of rotatable bonds is 5. The number of hydrogen-bond donors (Lipinski definition) is 1. The molecule has 0 atom stereocenters. The molecule has 2 N–H and O–H groups in total. The van der Waals surface area contributed by atoms with Crippen LogP contribution in [0.3, 0.4) is 0 Å². The fraction of sp³-hybridized carbons (Fsp3) is 0.889. The minimum atomic E-state index is -3.73. The summed E-state index contributed by atoms with van der Waals surface area (Å²) in [7, 11) is -1.69. The summed E-state index contributed by atoms with van der Waals surface area (Å²) >= 11 is 0. The van der Waals surface area contributed by atoms with Crippen LogP contribution >= 0.6 is 0 Å². The standard InChI is InChI=1S/C9H20N4O4S/c1-11-3-5-12(6-4-11)7-8-13(9(10)14)17-18(2,15)16/h3-8H2,1-2H3,(H2,10,14). The Morgan fingerprint density at radius 1 is 1.33 bits per heavy atom. The Balaban J connectivity index is 2.40. The summed E-state index contributed by atoms with van der Waals surface area (Å²) in [5, 5.41) is 0.674. The van der Waals surface area contributed by atoms with Gasteiger partial charge in [-0.15, -0.1) is 4.28 Å². The highest BCUT2D eigenvalue weighted by atomic mass is 32.2. The van der Waals surface area contributed by atoms with Crippen LogP contribution in [-0.2, 0) is 14.4 Å². The van der Waals surface area contributed by atoms with Gasteiger partial charge in [-0.05, 0) is 7.05 Å². The molecule has 1 saturated heterocycles. The first kappa shape index (κ1) is 15.2. The van der Waals surface area contributed by atoms with E-state index in [1.165, 1.54) is 0 Å². The summed E-state index contributed by atoms with van der Waals surface area (Å²) < 4.78 is 26.4. The van der Waals surface area contributed by atoms with Gasteiger partial charge in [0.15, 0.2) is 0 Å².